The van der Waals surface area contributed by atoms with Gasteiger partial charge in [-0.3, -0.25) is 0 Å². The van der Waals surface area contributed by atoms with E-state index < -0.39 is 6.03 Å². The van der Waals surface area contributed by atoms with Crippen molar-refractivity contribution >= 4 is 28.7 Å². The van der Waals surface area contributed by atoms with Crippen molar-refractivity contribution in [1.29, 1.82) is 0 Å². The maximum atomic E-state index is 11.8. The third-order valence-electron chi connectivity index (χ3n) is 3.54. The van der Waals surface area contributed by atoms with Crippen LogP contribution in [0.25, 0.3) is 10.8 Å². The molecule has 0 bridgehead atoms. The summed E-state index contributed by atoms with van der Waals surface area (Å²) < 4.78 is 5.37. The Balaban J connectivity index is 1.73. The normalized spacial score (nSPS) is 10.7. The van der Waals surface area contributed by atoms with Crippen molar-refractivity contribution in [3.8, 4) is 5.75 Å². The number of nitrogens with zero attached hydrogens (tertiary/aromatic N) is 1. The molecule has 120 valence electrons. The van der Waals surface area contributed by atoms with Crippen LogP contribution >= 0.6 is 0 Å². The number of hydrogen-bond donors (Lipinski definition) is 2. The van der Waals surface area contributed by atoms with Crippen molar-refractivity contribution < 1.29 is 9.53 Å². The van der Waals surface area contributed by atoms with Gasteiger partial charge in [0.25, 0.3) is 0 Å². The number of carbonyl (C=O) groups excluding carboxylic acids is 1. The number of hydrazone groups is 1. The molecule has 2 N–H and O–H groups in total. The van der Waals surface area contributed by atoms with Crippen LogP contribution in [0.2, 0.25) is 0 Å². The molecule has 0 saturated heterocycles. The number of carbonyl (C=O) groups is 1. The van der Waals surface area contributed by atoms with E-state index in [0.29, 0.717) is 5.69 Å². The van der Waals surface area contributed by atoms with Crippen LogP contribution in [0.4, 0.5) is 10.5 Å². The van der Waals surface area contributed by atoms with Gasteiger partial charge in [0.1, 0.15) is 5.75 Å². The summed E-state index contributed by atoms with van der Waals surface area (Å²) in [7, 11) is 1.64. The average Bonchev–Trinajstić information content (AvgIpc) is 2.62. The summed E-state index contributed by atoms with van der Waals surface area (Å²) in [6.45, 7) is 0. The van der Waals surface area contributed by atoms with E-state index in [1.165, 1.54) is 0 Å². The van der Waals surface area contributed by atoms with Gasteiger partial charge in [0.2, 0.25) is 0 Å². The highest BCUT2D eigenvalue weighted by Gasteiger charge is 2.04. The Morgan fingerprint density at radius 2 is 1.67 bits per heavy atom. The first-order valence-corrected chi connectivity index (χ1v) is 7.49. The van der Waals surface area contributed by atoms with E-state index in [1.807, 2.05) is 54.6 Å². The molecule has 24 heavy (non-hydrogen) atoms. The molecule has 0 saturated carbocycles. The van der Waals surface area contributed by atoms with E-state index >= 15 is 0 Å². The molecule has 0 aliphatic rings. The van der Waals surface area contributed by atoms with Crippen LogP contribution in [0.3, 0.4) is 0 Å². The molecule has 0 aromatic heterocycles. The number of methoxy groups -OCH3 is 1. The number of hydrogen-bond acceptors (Lipinski definition) is 3. The van der Waals surface area contributed by atoms with Gasteiger partial charge in [-0.25, -0.2) is 10.2 Å². The molecule has 5 heteroatoms. The minimum Gasteiger partial charge on any atom is -0.496 e. The zero-order chi connectivity index (χ0) is 16.8. The van der Waals surface area contributed by atoms with Gasteiger partial charge in [0.15, 0.2) is 0 Å². The van der Waals surface area contributed by atoms with Gasteiger partial charge in [-0.1, -0.05) is 42.5 Å². The molecular formula is C19H17N3O2. The maximum Gasteiger partial charge on any atom is 0.339 e. The van der Waals surface area contributed by atoms with Crippen LogP contribution in [0.1, 0.15) is 5.56 Å². The molecule has 3 aromatic carbocycles. The highest BCUT2D eigenvalue weighted by molar-refractivity contribution is 6.02. The number of fused-ring (bicyclic) bond motifs is 1. The van der Waals surface area contributed by atoms with Gasteiger partial charge in [-0.05, 0) is 29.7 Å². The van der Waals surface area contributed by atoms with E-state index in [1.54, 1.807) is 25.5 Å². The minimum atomic E-state index is -0.393. The van der Waals surface area contributed by atoms with E-state index in [0.717, 1.165) is 22.1 Å². The molecule has 2 amide bonds. The zero-order valence-corrected chi connectivity index (χ0v) is 13.2. The van der Waals surface area contributed by atoms with Crippen molar-refractivity contribution in [1.82, 2.24) is 5.43 Å². The first-order chi connectivity index (χ1) is 11.8. The minimum absolute atomic E-state index is 0.393. The number of ether oxygens (including phenoxy) is 1. The first kappa shape index (κ1) is 15.6. The molecule has 0 atom stereocenters. The van der Waals surface area contributed by atoms with Gasteiger partial charge in [-0.2, -0.15) is 5.10 Å². The average molecular weight is 319 g/mol. The van der Waals surface area contributed by atoms with Crippen LogP contribution in [-0.4, -0.2) is 19.4 Å². The molecular weight excluding hydrogens is 302 g/mol. The van der Waals surface area contributed by atoms with Crippen molar-refractivity contribution in [3.05, 3.63) is 72.3 Å². The Bertz CT molecular complexity index is 876. The molecule has 0 unspecified atom stereocenters. The number of nitrogens with one attached hydrogen (secondary N) is 2. The molecule has 3 aromatic rings. The molecule has 0 aliphatic carbocycles. The molecule has 0 aliphatic heterocycles. The highest BCUT2D eigenvalue weighted by atomic mass is 16.5. The standard InChI is InChI=1S/C19H17N3O2/c1-24-18-12-11-14(16-9-5-6-10-17(16)18)13-20-22-19(23)21-15-7-3-2-4-8-15/h2-13H,1H3,(H2,21,22,23). The summed E-state index contributed by atoms with van der Waals surface area (Å²) in [6.07, 6.45) is 1.62. The zero-order valence-electron chi connectivity index (χ0n) is 13.2. The maximum absolute atomic E-state index is 11.8. The summed E-state index contributed by atoms with van der Waals surface area (Å²) in [5.41, 5.74) is 4.06. The Labute approximate surface area is 140 Å². The van der Waals surface area contributed by atoms with Gasteiger partial charge in [0.05, 0.1) is 13.3 Å². The van der Waals surface area contributed by atoms with E-state index in [2.05, 4.69) is 15.8 Å². The Morgan fingerprint density at radius 3 is 2.42 bits per heavy atom. The Morgan fingerprint density at radius 1 is 0.958 bits per heavy atom. The van der Waals surface area contributed by atoms with Gasteiger partial charge in [0, 0.05) is 16.6 Å². The monoisotopic (exact) mass is 319 g/mol. The largest absolute Gasteiger partial charge is 0.496 e. The SMILES string of the molecule is COc1ccc(C=NNC(=O)Nc2ccccc2)c2ccccc12. The predicted molar refractivity (Wildman–Crippen MR) is 96.7 cm³/mol. The highest BCUT2D eigenvalue weighted by Crippen LogP contribution is 2.27. The van der Waals surface area contributed by atoms with Crippen LogP contribution in [0.15, 0.2) is 71.8 Å². The third-order valence-corrected chi connectivity index (χ3v) is 3.54. The second-order valence-electron chi connectivity index (χ2n) is 5.09. The number of benzene rings is 3. The van der Waals surface area contributed by atoms with E-state index in [4.69, 9.17) is 4.74 Å². The van der Waals surface area contributed by atoms with Crippen LogP contribution in [-0.2, 0) is 0 Å². The Hall–Kier alpha value is -3.34. The molecule has 3 rings (SSSR count). The van der Waals surface area contributed by atoms with Crippen LogP contribution < -0.4 is 15.5 Å². The lowest BCUT2D eigenvalue weighted by Gasteiger charge is -2.07. The van der Waals surface area contributed by atoms with Crippen molar-refractivity contribution in [2.45, 2.75) is 0 Å². The topological polar surface area (TPSA) is 62.7 Å². The molecule has 5 nitrogen and oxygen atoms in total. The van der Waals surface area contributed by atoms with E-state index in [9.17, 15) is 4.79 Å². The van der Waals surface area contributed by atoms with Crippen LogP contribution in [0.5, 0.6) is 5.75 Å². The van der Waals surface area contributed by atoms with Crippen molar-refractivity contribution in [3.63, 3.8) is 0 Å². The summed E-state index contributed by atoms with van der Waals surface area (Å²) in [5.74, 6) is 0.803. The van der Waals surface area contributed by atoms with Crippen molar-refractivity contribution in [2.24, 2.45) is 5.10 Å². The second kappa shape index (κ2) is 7.28. The predicted octanol–water partition coefficient (Wildman–Crippen LogP) is 4.00. The van der Waals surface area contributed by atoms with Crippen molar-refractivity contribution in [2.75, 3.05) is 12.4 Å². The van der Waals surface area contributed by atoms with Gasteiger partial charge < -0.3 is 10.1 Å². The number of rotatable bonds is 4. The fraction of sp³-hybridized carbons (Fsp3) is 0.0526. The summed E-state index contributed by atoms with van der Waals surface area (Å²) in [5, 5.41) is 8.72. The van der Waals surface area contributed by atoms with E-state index in [-0.39, 0.29) is 0 Å². The van der Waals surface area contributed by atoms with Gasteiger partial charge >= 0.3 is 6.03 Å². The number of anilines is 1. The summed E-state index contributed by atoms with van der Waals surface area (Å²) in [6, 6.07) is 20.5. The second-order valence-corrected chi connectivity index (χ2v) is 5.09. The lowest BCUT2D eigenvalue weighted by Crippen LogP contribution is -2.24. The molecule has 0 fully saturated rings. The smallest absolute Gasteiger partial charge is 0.339 e. The van der Waals surface area contributed by atoms with Crippen LogP contribution in [0, 0.1) is 0 Å². The van der Waals surface area contributed by atoms with Gasteiger partial charge in [-0.15, -0.1) is 0 Å². The lowest BCUT2D eigenvalue weighted by molar-refractivity contribution is 0.252. The number of amides is 2. The fourth-order valence-electron chi connectivity index (χ4n) is 2.43. The molecule has 0 heterocycles. The quantitative estimate of drug-likeness (QED) is 0.564. The lowest BCUT2D eigenvalue weighted by atomic mass is 10.0. The third kappa shape index (κ3) is 3.52. The number of urea groups is 1. The molecule has 0 spiro atoms. The Kier molecular flexibility index (Phi) is 4.72. The number of para-hydroxylation sites is 1. The molecule has 0 radical (unpaired) electrons. The fourth-order valence-corrected chi connectivity index (χ4v) is 2.43. The summed E-state index contributed by atoms with van der Waals surface area (Å²) >= 11 is 0. The summed E-state index contributed by atoms with van der Waals surface area (Å²) in [4.78, 5) is 11.8. The first-order valence-electron chi connectivity index (χ1n) is 7.49.